The Morgan fingerprint density at radius 2 is 1.22 bits per heavy atom. The van der Waals surface area contributed by atoms with E-state index in [1.807, 2.05) is 0 Å². The average molecular weight is 370 g/mol. The van der Waals surface area contributed by atoms with Crippen molar-refractivity contribution >= 4 is 22.8 Å². The summed E-state index contributed by atoms with van der Waals surface area (Å²) < 4.78 is 2.82. The van der Waals surface area contributed by atoms with Gasteiger partial charge in [-0.15, -0.1) is 0 Å². The first-order valence-electron chi connectivity index (χ1n) is 8.74. The van der Waals surface area contributed by atoms with Gasteiger partial charge in [-0.05, 0) is 0 Å². The van der Waals surface area contributed by atoms with Gasteiger partial charge in [0.2, 0.25) is 0 Å². The molecule has 0 amide bonds. The van der Waals surface area contributed by atoms with Gasteiger partial charge in [0.05, 0.1) is 0 Å². The maximum atomic E-state index is 3.63. The van der Waals surface area contributed by atoms with Crippen molar-refractivity contribution in [1.29, 1.82) is 0 Å². The van der Waals surface area contributed by atoms with Crippen molar-refractivity contribution in [3.05, 3.63) is 60.7 Å². The normalized spacial score (nSPS) is 10.3. The van der Waals surface area contributed by atoms with Crippen LogP contribution < -0.4 is 8.92 Å². The molecule has 2 aromatic carbocycles. The van der Waals surface area contributed by atoms with Gasteiger partial charge in [-0.1, -0.05) is 0 Å². The topological polar surface area (TPSA) is 0 Å². The molecule has 0 saturated carbocycles. The number of rotatable bonds is 8. The fourth-order valence-electron chi connectivity index (χ4n) is 2.48. The molecule has 0 radical (unpaired) electrons. The van der Waals surface area contributed by atoms with Crippen molar-refractivity contribution in [3.63, 3.8) is 0 Å². The molecule has 0 nitrogen and oxygen atoms in total. The van der Waals surface area contributed by atoms with E-state index in [1.165, 1.54) is 47.4 Å². The van der Waals surface area contributed by atoms with Gasteiger partial charge in [-0.2, -0.15) is 0 Å². The Labute approximate surface area is 146 Å². The summed E-state index contributed by atoms with van der Waals surface area (Å²) in [5, 5.41) is 0. The van der Waals surface area contributed by atoms with Crippen LogP contribution in [-0.2, 0) is 0 Å². The Kier molecular flexibility index (Phi) is 8.64. The number of unbranched alkanes of at least 4 members (excludes halogenated alkanes) is 6. The zero-order valence-corrected chi connectivity index (χ0v) is 15.8. The molecule has 1 heteroatoms. The van der Waals surface area contributed by atoms with E-state index in [2.05, 4.69) is 78.3 Å². The van der Waals surface area contributed by atoms with E-state index in [9.17, 15) is 0 Å². The van der Waals surface area contributed by atoms with Gasteiger partial charge in [0.25, 0.3) is 0 Å². The molecule has 0 heterocycles. The van der Waals surface area contributed by atoms with Crippen LogP contribution in [0, 0.1) is 10.7 Å². The second kappa shape index (κ2) is 11.1. The molecule has 0 aliphatic rings. The van der Waals surface area contributed by atoms with E-state index in [4.69, 9.17) is 0 Å². The molecule has 0 saturated heterocycles. The first-order chi connectivity index (χ1) is 11.4. The Bertz CT molecular complexity index is 553. The molecule has 2 aromatic rings. The second-order valence-corrected chi connectivity index (χ2v) is 9.42. The molecule has 0 aliphatic carbocycles. The van der Waals surface area contributed by atoms with Crippen LogP contribution in [0.5, 0.6) is 0 Å². The van der Waals surface area contributed by atoms with Crippen LogP contribution in [0.15, 0.2) is 60.7 Å². The predicted molar refractivity (Wildman–Crippen MR) is 104 cm³/mol. The second-order valence-electron chi connectivity index (χ2n) is 5.73. The van der Waals surface area contributed by atoms with Crippen LogP contribution in [0.4, 0.5) is 0 Å². The van der Waals surface area contributed by atoms with Crippen molar-refractivity contribution in [2.24, 2.45) is 0 Å². The van der Waals surface area contributed by atoms with E-state index in [-0.39, 0.29) is 0 Å². The minimum atomic E-state index is -1.22. The molecule has 0 aromatic heterocycles. The average Bonchev–Trinajstić information content (AvgIpc) is 2.62. The van der Waals surface area contributed by atoms with Crippen molar-refractivity contribution in [2.75, 3.05) is 0 Å². The van der Waals surface area contributed by atoms with Crippen molar-refractivity contribution in [3.8, 4) is 10.7 Å². The molecule has 0 N–H and O–H groups in total. The third-order valence-corrected chi connectivity index (χ3v) is 7.64. The van der Waals surface area contributed by atoms with E-state index in [1.54, 1.807) is 0 Å². The monoisotopic (exact) mass is 371 g/mol. The molecular formula is C22H27Se+. The van der Waals surface area contributed by atoms with Crippen molar-refractivity contribution in [1.82, 2.24) is 0 Å². The third-order valence-electron chi connectivity index (χ3n) is 3.79. The maximum absolute atomic E-state index is 3.63. The zero-order valence-electron chi connectivity index (χ0n) is 14.1. The summed E-state index contributed by atoms with van der Waals surface area (Å²) >= 11 is -1.22. The Balaban J connectivity index is 1.93. The summed E-state index contributed by atoms with van der Waals surface area (Å²) in [5.74, 6) is 3.48. The summed E-state index contributed by atoms with van der Waals surface area (Å²) in [7, 11) is 0. The van der Waals surface area contributed by atoms with Crippen LogP contribution in [0.2, 0.25) is 0 Å². The van der Waals surface area contributed by atoms with E-state index in [0.29, 0.717) is 0 Å². The molecular weight excluding hydrogens is 343 g/mol. The molecule has 0 bridgehead atoms. The standard InChI is InChI=1S/C22H27Se/c1-2-3-4-5-6-7-8-15-20-23(21-16-11-9-12-17-21)22-18-13-10-14-19-22/h9-14,16-19H,2-8H2,1H3/q+1. The predicted octanol–water partition coefficient (Wildman–Crippen LogP) is 4.59. The van der Waals surface area contributed by atoms with Gasteiger partial charge >= 0.3 is 146 Å². The molecule has 120 valence electrons. The van der Waals surface area contributed by atoms with E-state index >= 15 is 0 Å². The Morgan fingerprint density at radius 3 is 1.78 bits per heavy atom. The molecule has 0 spiro atoms. The molecule has 0 fully saturated rings. The fraction of sp³-hybridized carbons (Fsp3) is 0.364. The van der Waals surface area contributed by atoms with Gasteiger partial charge < -0.3 is 0 Å². The van der Waals surface area contributed by atoms with E-state index < -0.39 is 13.9 Å². The number of hydrogen-bond donors (Lipinski definition) is 0. The van der Waals surface area contributed by atoms with Gasteiger partial charge in [-0.25, -0.2) is 0 Å². The quantitative estimate of drug-likeness (QED) is 0.362. The SMILES string of the molecule is CCCCCCCCC#C[Se+](c1ccccc1)c1ccccc1. The fourth-order valence-corrected chi connectivity index (χ4v) is 5.87. The Hall–Kier alpha value is -1.48. The molecule has 0 unspecified atom stereocenters. The molecule has 23 heavy (non-hydrogen) atoms. The number of hydrogen-bond acceptors (Lipinski definition) is 0. The van der Waals surface area contributed by atoms with E-state index in [0.717, 1.165) is 6.42 Å². The molecule has 0 atom stereocenters. The summed E-state index contributed by atoms with van der Waals surface area (Å²) in [6.45, 7) is 2.27. The van der Waals surface area contributed by atoms with Crippen LogP contribution in [-0.4, -0.2) is 13.9 Å². The minimum absolute atomic E-state index is 1.05. The third kappa shape index (κ3) is 6.65. The van der Waals surface area contributed by atoms with Crippen molar-refractivity contribution in [2.45, 2.75) is 51.9 Å². The first kappa shape index (κ1) is 17.9. The Morgan fingerprint density at radius 1 is 0.696 bits per heavy atom. The van der Waals surface area contributed by atoms with Gasteiger partial charge in [-0.3, -0.25) is 0 Å². The van der Waals surface area contributed by atoms with Crippen molar-refractivity contribution < 1.29 is 0 Å². The van der Waals surface area contributed by atoms with Gasteiger partial charge in [0.1, 0.15) is 0 Å². The summed E-state index contributed by atoms with van der Waals surface area (Å²) in [4.78, 5) is 3.63. The molecule has 0 aliphatic heterocycles. The van der Waals surface area contributed by atoms with Gasteiger partial charge in [0.15, 0.2) is 0 Å². The summed E-state index contributed by atoms with van der Waals surface area (Å²) in [5.41, 5.74) is 0. The summed E-state index contributed by atoms with van der Waals surface area (Å²) in [6.07, 6.45) is 9.07. The first-order valence-corrected chi connectivity index (χ1v) is 11.3. The summed E-state index contributed by atoms with van der Waals surface area (Å²) in [6, 6.07) is 21.6. The van der Waals surface area contributed by atoms with Crippen LogP contribution in [0.25, 0.3) is 0 Å². The zero-order chi connectivity index (χ0) is 16.2. The van der Waals surface area contributed by atoms with Crippen LogP contribution >= 0.6 is 0 Å². The van der Waals surface area contributed by atoms with Crippen LogP contribution in [0.1, 0.15) is 51.9 Å². The van der Waals surface area contributed by atoms with Crippen LogP contribution in [0.3, 0.4) is 0 Å². The molecule has 2 rings (SSSR count). The van der Waals surface area contributed by atoms with Gasteiger partial charge in [0, 0.05) is 0 Å². The number of benzene rings is 2.